The first-order valence-corrected chi connectivity index (χ1v) is 13.9. The highest BCUT2D eigenvalue weighted by atomic mass is 16.7. The van der Waals surface area contributed by atoms with Crippen molar-refractivity contribution in [2.45, 2.75) is 31.7 Å². The van der Waals surface area contributed by atoms with Crippen LogP contribution in [0, 0.1) is 0 Å². The van der Waals surface area contributed by atoms with Gasteiger partial charge < -0.3 is 24.6 Å². The Morgan fingerprint density at radius 2 is 1.67 bits per heavy atom. The first-order chi connectivity index (χ1) is 19.2. The van der Waals surface area contributed by atoms with Gasteiger partial charge in [-0.3, -0.25) is 4.79 Å². The third-order valence-corrected chi connectivity index (χ3v) is 8.10. The zero-order valence-corrected chi connectivity index (χ0v) is 21.9. The van der Waals surface area contributed by atoms with Crippen LogP contribution in [-0.2, 0) is 0 Å². The maximum absolute atomic E-state index is 14.3. The van der Waals surface area contributed by atoms with Crippen molar-refractivity contribution in [1.82, 2.24) is 14.8 Å². The molecule has 198 valence electrons. The smallest absolute Gasteiger partial charge is 0.254 e. The van der Waals surface area contributed by atoms with Gasteiger partial charge in [-0.1, -0.05) is 30.3 Å². The fraction of sp³-hybridized carbons (Fsp3) is 0.312. The molecule has 2 fully saturated rings. The average Bonchev–Trinajstić information content (AvgIpc) is 3.75. The number of nitrogens with zero attached hydrogens (tertiary/aromatic N) is 3. The van der Waals surface area contributed by atoms with Crippen molar-refractivity contribution in [3.05, 3.63) is 78.4 Å². The molecule has 1 N–H and O–H groups in total. The number of ether oxygens (including phenoxy) is 2. The van der Waals surface area contributed by atoms with E-state index >= 15 is 0 Å². The van der Waals surface area contributed by atoms with Crippen molar-refractivity contribution in [1.29, 1.82) is 0 Å². The van der Waals surface area contributed by atoms with E-state index in [2.05, 4.69) is 27.2 Å². The molecule has 39 heavy (non-hydrogen) atoms. The van der Waals surface area contributed by atoms with E-state index in [9.17, 15) is 4.79 Å². The maximum Gasteiger partial charge on any atom is 0.254 e. The number of amides is 1. The summed E-state index contributed by atoms with van der Waals surface area (Å²) in [5.74, 6) is 2.25. The van der Waals surface area contributed by atoms with Crippen LogP contribution in [-0.4, -0.2) is 59.7 Å². The SMILES string of the molecule is O=C(c1cc(Nc2ccccc2)nc2ccc(-c3ccc4c(c3)OCO4)cc12)N1CCC[C@H]1CN1CCCC1. The predicted octanol–water partition coefficient (Wildman–Crippen LogP) is 6.07. The molecule has 0 radical (unpaired) electrons. The number of benzene rings is 3. The van der Waals surface area contributed by atoms with Crippen molar-refractivity contribution >= 4 is 28.3 Å². The molecule has 0 bridgehead atoms. The van der Waals surface area contributed by atoms with Crippen molar-refractivity contribution < 1.29 is 14.3 Å². The van der Waals surface area contributed by atoms with E-state index in [0.717, 1.165) is 78.2 Å². The quantitative estimate of drug-likeness (QED) is 0.333. The largest absolute Gasteiger partial charge is 0.454 e. The minimum Gasteiger partial charge on any atom is -0.454 e. The zero-order valence-electron chi connectivity index (χ0n) is 21.9. The van der Waals surface area contributed by atoms with E-state index in [1.165, 1.54) is 12.8 Å². The molecule has 4 aromatic rings. The fourth-order valence-electron chi connectivity index (χ4n) is 6.10. The molecule has 0 aliphatic carbocycles. The van der Waals surface area contributed by atoms with Gasteiger partial charge in [0.2, 0.25) is 6.79 Å². The second kappa shape index (κ2) is 10.2. The Bertz CT molecular complexity index is 1520. The predicted molar refractivity (Wildman–Crippen MR) is 153 cm³/mol. The Kier molecular flexibility index (Phi) is 6.29. The molecule has 3 aliphatic heterocycles. The Labute approximate surface area is 228 Å². The van der Waals surface area contributed by atoms with Crippen molar-refractivity contribution in [2.75, 3.05) is 38.3 Å². The normalized spacial score (nSPS) is 18.7. The van der Waals surface area contributed by atoms with Gasteiger partial charge in [-0.25, -0.2) is 4.98 Å². The second-order valence-electron chi connectivity index (χ2n) is 10.6. The molecule has 0 saturated carbocycles. The molecule has 7 nitrogen and oxygen atoms in total. The van der Waals surface area contributed by atoms with Gasteiger partial charge in [0, 0.05) is 30.2 Å². The minimum absolute atomic E-state index is 0.0862. The number of hydrogen-bond acceptors (Lipinski definition) is 6. The molecule has 2 saturated heterocycles. The first kappa shape index (κ1) is 24.0. The standard InChI is InChI=1S/C32H32N4O3/c37-32(36-16-6-9-25(36)20-35-14-4-5-15-35)27-19-31(33-24-7-2-1-3-8-24)34-28-12-10-22(17-26(27)28)23-11-13-29-30(18-23)39-21-38-29/h1-3,7-8,10-13,17-19,25H,4-6,9,14-16,20-21H2,(H,33,34)/t25-/m0/s1. The van der Waals surface area contributed by atoms with Gasteiger partial charge in [-0.2, -0.15) is 0 Å². The van der Waals surface area contributed by atoms with Crippen LogP contribution in [0.1, 0.15) is 36.0 Å². The van der Waals surface area contributed by atoms with Gasteiger partial charge >= 0.3 is 0 Å². The molecule has 0 spiro atoms. The summed E-state index contributed by atoms with van der Waals surface area (Å²) in [7, 11) is 0. The summed E-state index contributed by atoms with van der Waals surface area (Å²) in [6.07, 6.45) is 4.62. The molecule has 0 unspecified atom stereocenters. The van der Waals surface area contributed by atoms with E-state index in [1.54, 1.807) is 0 Å². The number of para-hydroxylation sites is 1. The molecular weight excluding hydrogens is 488 g/mol. The number of pyridine rings is 1. The molecule has 3 aliphatic rings. The maximum atomic E-state index is 14.3. The van der Waals surface area contributed by atoms with Gasteiger partial charge in [-0.05, 0) is 92.4 Å². The topological polar surface area (TPSA) is 66.9 Å². The van der Waals surface area contributed by atoms with Crippen LogP contribution in [0.25, 0.3) is 22.0 Å². The van der Waals surface area contributed by atoms with E-state index in [1.807, 2.05) is 60.7 Å². The Balaban J connectivity index is 1.28. The van der Waals surface area contributed by atoms with Gasteiger partial charge in [0.15, 0.2) is 11.5 Å². The van der Waals surface area contributed by atoms with Crippen molar-refractivity contribution in [3.8, 4) is 22.6 Å². The van der Waals surface area contributed by atoms with Crippen LogP contribution in [0.4, 0.5) is 11.5 Å². The van der Waals surface area contributed by atoms with Crippen molar-refractivity contribution in [3.63, 3.8) is 0 Å². The molecule has 3 aromatic carbocycles. The summed E-state index contributed by atoms with van der Waals surface area (Å²) >= 11 is 0. The van der Waals surface area contributed by atoms with Crippen LogP contribution in [0.15, 0.2) is 72.8 Å². The monoisotopic (exact) mass is 520 g/mol. The molecular formula is C32H32N4O3. The van der Waals surface area contributed by atoms with E-state index in [0.29, 0.717) is 11.4 Å². The fourth-order valence-corrected chi connectivity index (χ4v) is 6.10. The number of nitrogens with one attached hydrogen (secondary N) is 1. The van der Waals surface area contributed by atoms with Crippen LogP contribution in [0.2, 0.25) is 0 Å². The number of fused-ring (bicyclic) bond motifs is 2. The summed E-state index contributed by atoms with van der Waals surface area (Å²) in [5.41, 5.74) is 4.44. The molecule has 4 heterocycles. The summed E-state index contributed by atoms with van der Waals surface area (Å²) in [6.45, 7) is 4.28. The lowest BCUT2D eigenvalue weighted by molar-refractivity contribution is 0.0710. The number of likely N-dealkylation sites (tertiary alicyclic amines) is 2. The first-order valence-electron chi connectivity index (χ1n) is 13.9. The van der Waals surface area contributed by atoms with Crippen LogP contribution < -0.4 is 14.8 Å². The Hall–Kier alpha value is -4.10. The number of carbonyl (C=O) groups excluding carboxylic acids is 1. The van der Waals surface area contributed by atoms with Crippen molar-refractivity contribution in [2.24, 2.45) is 0 Å². The number of hydrogen-bond donors (Lipinski definition) is 1. The van der Waals surface area contributed by atoms with E-state index in [-0.39, 0.29) is 18.7 Å². The highest BCUT2D eigenvalue weighted by Crippen LogP contribution is 2.37. The van der Waals surface area contributed by atoms with Gasteiger partial charge in [0.05, 0.1) is 11.1 Å². The van der Waals surface area contributed by atoms with Gasteiger partial charge in [0.1, 0.15) is 5.82 Å². The number of carbonyl (C=O) groups is 1. The highest BCUT2D eigenvalue weighted by molar-refractivity contribution is 6.08. The number of aromatic nitrogens is 1. The van der Waals surface area contributed by atoms with E-state index in [4.69, 9.17) is 14.5 Å². The number of rotatable bonds is 6. The third-order valence-electron chi connectivity index (χ3n) is 8.10. The molecule has 7 heteroatoms. The highest BCUT2D eigenvalue weighted by Gasteiger charge is 2.32. The van der Waals surface area contributed by atoms with Gasteiger partial charge in [-0.15, -0.1) is 0 Å². The minimum atomic E-state index is 0.0862. The molecule has 1 aromatic heterocycles. The summed E-state index contributed by atoms with van der Waals surface area (Å²) in [5, 5.41) is 4.27. The third kappa shape index (κ3) is 4.79. The van der Waals surface area contributed by atoms with Crippen LogP contribution in [0.3, 0.4) is 0 Å². The zero-order chi connectivity index (χ0) is 26.2. The van der Waals surface area contributed by atoms with E-state index < -0.39 is 0 Å². The second-order valence-corrected chi connectivity index (χ2v) is 10.6. The summed E-state index contributed by atoms with van der Waals surface area (Å²) < 4.78 is 11.1. The lowest BCUT2D eigenvalue weighted by atomic mass is 9.99. The lowest BCUT2D eigenvalue weighted by Gasteiger charge is -2.29. The van der Waals surface area contributed by atoms with Crippen LogP contribution >= 0.6 is 0 Å². The van der Waals surface area contributed by atoms with Crippen LogP contribution in [0.5, 0.6) is 11.5 Å². The summed E-state index contributed by atoms with van der Waals surface area (Å²) in [6, 6.07) is 24.3. The number of anilines is 2. The molecule has 1 amide bonds. The molecule has 7 rings (SSSR count). The summed E-state index contributed by atoms with van der Waals surface area (Å²) in [4.78, 5) is 23.8. The Morgan fingerprint density at radius 3 is 2.54 bits per heavy atom. The Morgan fingerprint density at radius 1 is 0.872 bits per heavy atom. The van der Waals surface area contributed by atoms with Gasteiger partial charge in [0.25, 0.3) is 5.91 Å². The average molecular weight is 521 g/mol. The lowest BCUT2D eigenvalue weighted by Crippen LogP contribution is -2.42. The molecule has 1 atom stereocenters.